The minimum absolute atomic E-state index is 0.747. The van der Waals surface area contributed by atoms with E-state index in [9.17, 15) is 0 Å². The minimum Gasteiger partial charge on any atom is -0.313 e. The Bertz CT molecular complexity index is 214. The fourth-order valence-electron chi connectivity index (χ4n) is 3.32. The second kappa shape index (κ2) is 6.72. The van der Waals surface area contributed by atoms with E-state index in [1.807, 2.05) is 0 Å². The highest BCUT2D eigenvalue weighted by atomic mass is 15.2. The molecule has 0 spiro atoms. The Morgan fingerprint density at radius 3 is 2.71 bits per heavy atom. The Hall–Kier alpha value is -0.120. The molecule has 1 heterocycles. The van der Waals surface area contributed by atoms with Gasteiger partial charge in [-0.2, -0.15) is 0 Å². The van der Waals surface area contributed by atoms with Gasteiger partial charge in [0.05, 0.1) is 0 Å². The maximum atomic E-state index is 3.56. The molecule has 0 radical (unpaired) electrons. The van der Waals surface area contributed by atoms with Crippen LogP contribution in [0.15, 0.2) is 0 Å². The van der Waals surface area contributed by atoms with Gasteiger partial charge in [0, 0.05) is 31.7 Å². The van der Waals surface area contributed by atoms with E-state index in [1.165, 1.54) is 58.3 Å². The highest BCUT2D eigenvalue weighted by Crippen LogP contribution is 2.22. The Balaban J connectivity index is 1.61. The van der Waals surface area contributed by atoms with E-state index in [4.69, 9.17) is 0 Å². The third-order valence-corrected chi connectivity index (χ3v) is 4.48. The van der Waals surface area contributed by atoms with Crippen molar-refractivity contribution in [3.63, 3.8) is 0 Å². The highest BCUT2D eigenvalue weighted by Gasteiger charge is 2.23. The van der Waals surface area contributed by atoms with Gasteiger partial charge in [0.15, 0.2) is 0 Å². The Kier molecular flexibility index (Phi) is 5.26. The molecule has 1 aliphatic carbocycles. The lowest BCUT2D eigenvalue weighted by Gasteiger charge is -2.26. The monoisotopic (exact) mass is 239 g/mol. The van der Waals surface area contributed by atoms with Crippen LogP contribution >= 0.6 is 0 Å². The van der Waals surface area contributed by atoms with Crippen LogP contribution in [0, 0.1) is 0 Å². The number of hydrogen-bond acceptors (Lipinski definition) is 3. The topological polar surface area (TPSA) is 18.5 Å². The SMILES string of the molecule is CCNC1CCN(CCN(C)C2CCCC2)C1. The van der Waals surface area contributed by atoms with E-state index in [2.05, 4.69) is 29.1 Å². The molecule has 0 bridgehead atoms. The molecule has 17 heavy (non-hydrogen) atoms. The van der Waals surface area contributed by atoms with Gasteiger partial charge < -0.3 is 15.1 Å². The average molecular weight is 239 g/mol. The summed E-state index contributed by atoms with van der Waals surface area (Å²) in [6, 6.07) is 1.62. The molecule has 1 aliphatic heterocycles. The molecule has 2 aliphatic rings. The van der Waals surface area contributed by atoms with Crippen molar-refractivity contribution >= 4 is 0 Å². The van der Waals surface area contributed by atoms with Crippen molar-refractivity contribution in [3.05, 3.63) is 0 Å². The predicted molar refractivity (Wildman–Crippen MR) is 73.4 cm³/mol. The molecule has 1 N–H and O–H groups in total. The first kappa shape index (κ1) is 13.3. The van der Waals surface area contributed by atoms with Crippen LogP contribution < -0.4 is 5.32 Å². The number of likely N-dealkylation sites (N-methyl/N-ethyl adjacent to an activating group) is 2. The van der Waals surface area contributed by atoms with E-state index in [-0.39, 0.29) is 0 Å². The van der Waals surface area contributed by atoms with Crippen LogP contribution in [-0.2, 0) is 0 Å². The molecular formula is C14H29N3. The van der Waals surface area contributed by atoms with Crippen molar-refractivity contribution in [2.75, 3.05) is 39.8 Å². The molecule has 0 aromatic heterocycles. The van der Waals surface area contributed by atoms with Gasteiger partial charge in [-0.05, 0) is 39.4 Å². The fourth-order valence-corrected chi connectivity index (χ4v) is 3.32. The Morgan fingerprint density at radius 1 is 1.24 bits per heavy atom. The summed E-state index contributed by atoms with van der Waals surface area (Å²) in [7, 11) is 2.31. The second-order valence-electron chi connectivity index (χ2n) is 5.76. The summed E-state index contributed by atoms with van der Waals surface area (Å²) >= 11 is 0. The lowest BCUT2D eigenvalue weighted by atomic mass is 10.2. The molecule has 100 valence electrons. The maximum absolute atomic E-state index is 3.56. The zero-order chi connectivity index (χ0) is 12.1. The van der Waals surface area contributed by atoms with Crippen LogP contribution in [0.5, 0.6) is 0 Å². The van der Waals surface area contributed by atoms with Crippen LogP contribution in [0.1, 0.15) is 39.0 Å². The lowest BCUT2D eigenvalue weighted by molar-refractivity contribution is 0.205. The number of nitrogens with one attached hydrogen (secondary N) is 1. The van der Waals surface area contributed by atoms with Crippen LogP contribution in [0.25, 0.3) is 0 Å². The molecule has 2 fully saturated rings. The van der Waals surface area contributed by atoms with Gasteiger partial charge in [0.2, 0.25) is 0 Å². The summed E-state index contributed by atoms with van der Waals surface area (Å²) in [5.41, 5.74) is 0. The van der Waals surface area contributed by atoms with Crippen molar-refractivity contribution in [2.24, 2.45) is 0 Å². The van der Waals surface area contributed by atoms with Crippen LogP contribution in [0.3, 0.4) is 0 Å². The molecule has 3 nitrogen and oxygen atoms in total. The standard InChI is InChI=1S/C14H29N3/c1-3-15-13-8-9-17(12-13)11-10-16(2)14-6-4-5-7-14/h13-15H,3-12H2,1-2H3. The van der Waals surface area contributed by atoms with Crippen molar-refractivity contribution in [2.45, 2.75) is 51.1 Å². The minimum atomic E-state index is 0.747. The quantitative estimate of drug-likeness (QED) is 0.758. The van der Waals surface area contributed by atoms with E-state index in [1.54, 1.807) is 0 Å². The number of rotatable bonds is 6. The highest BCUT2D eigenvalue weighted by molar-refractivity contribution is 4.82. The summed E-state index contributed by atoms with van der Waals surface area (Å²) < 4.78 is 0. The second-order valence-corrected chi connectivity index (χ2v) is 5.76. The molecule has 3 heteroatoms. The van der Waals surface area contributed by atoms with Crippen LogP contribution in [-0.4, -0.2) is 61.7 Å². The largest absolute Gasteiger partial charge is 0.313 e. The summed E-state index contributed by atoms with van der Waals surface area (Å²) in [6.45, 7) is 8.37. The first-order valence-electron chi connectivity index (χ1n) is 7.45. The first-order valence-corrected chi connectivity index (χ1v) is 7.45. The summed E-state index contributed by atoms with van der Waals surface area (Å²) in [5.74, 6) is 0. The molecular weight excluding hydrogens is 210 g/mol. The Labute approximate surface area is 107 Å². The number of hydrogen-bond donors (Lipinski definition) is 1. The van der Waals surface area contributed by atoms with Gasteiger partial charge >= 0.3 is 0 Å². The number of nitrogens with zero attached hydrogens (tertiary/aromatic N) is 2. The zero-order valence-electron chi connectivity index (χ0n) is 11.6. The van der Waals surface area contributed by atoms with Crippen LogP contribution in [0.4, 0.5) is 0 Å². The van der Waals surface area contributed by atoms with Crippen molar-refractivity contribution in [3.8, 4) is 0 Å². The van der Waals surface area contributed by atoms with Gasteiger partial charge in [-0.1, -0.05) is 19.8 Å². The molecule has 2 rings (SSSR count). The summed E-state index contributed by atoms with van der Waals surface area (Å²) in [4.78, 5) is 5.21. The average Bonchev–Trinajstić information content (AvgIpc) is 2.97. The normalized spacial score (nSPS) is 27.4. The van der Waals surface area contributed by atoms with E-state index in [0.717, 1.165) is 18.6 Å². The number of likely N-dealkylation sites (tertiary alicyclic amines) is 1. The molecule has 1 unspecified atom stereocenters. The van der Waals surface area contributed by atoms with Gasteiger partial charge in [-0.3, -0.25) is 0 Å². The summed E-state index contributed by atoms with van der Waals surface area (Å²) in [6.07, 6.45) is 7.08. The predicted octanol–water partition coefficient (Wildman–Crippen LogP) is 1.54. The third kappa shape index (κ3) is 3.94. The van der Waals surface area contributed by atoms with Gasteiger partial charge in [-0.15, -0.1) is 0 Å². The summed E-state index contributed by atoms with van der Waals surface area (Å²) in [5, 5.41) is 3.56. The zero-order valence-corrected chi connectivity index (χ0v) is 11.6. The maximum Gasteiger partial charge on any atom is 0.0207 e. The van der Waals surface area contributed by atoms with Crippen molar-refractivity contribution in [1.82, 2.24) is 15.1 Å². The van der Waals surface area contributed by atoms with Gasteiger partial charge in [0.1, 0.15) is 0 Å². The Morgan fingerprint density at radius 2 is 2.00 bits per heavy atom. The molecule has 1 saturated heterocycles. The molecule has 1 atom stereocenters. The third-order valence-electron chi connectivity index (χ3n) is 4.48. The van der Waals surface area contributed by atoms with Gasteiger partial charge in [0.25, 0.3) is 0 Å². The van der Waals surface area contributed by atoms with E-state index in [0.29, 0.717) is 0 Å². The fraction of sp³-hybridized carbons (Fsp3) is 1.00. The van der Waals surface area contributed by atoms with Crippen molar-refractivity contribution < 1.29 is 0 Å². The van der Waals surface area contributed by atoms with Crippen LogP contribution in [0.2, 0.25) is 0 Å². The van der Waals surface area contributed by atoms with Crippen molar-refractivity contribution in [1.29, 1.82) is 0 Å². The molecule has 0 aromatic carbocycles. The lowest BCUT2D eigenvalue weighted by Crippen LogP contribution is -2.38. The first-order chi connectivity index (χ1) is 8.29. The smallest absolute Gasteiger partial charge is 0.0207 e. The van der Waals surface area contributed by atoms with E-state index >= 15 is 0 Å². The molecule has 0 aromatic rings. The molecule has 0 amide bonds. The molecule has 1 saturated carbocycles. The van der Waals surface area contributed by atoms with Gasteiger partial charge in [-0.25, -0.2) is 0 Å². The van der Waals surface area contributed by atoms with E-state index < -0.39 is 0 Å².